The number of pyridine rings is 1. The lowest BCUT2D eigenvalue weighted by molar-refractivity contribution is -0.139. The fourth-order valence-corrected chi connectivity index (χ4v) is 5.09. The molecule has 0 radical (unpaired) electrons. The van der Waals surface area contributed by atoms with Gasteiger partial charge in [-0.1, -0.05) is 24.3 Å². The molecule has 0 bridgehead atoms. The normalized spacial score (nSPS) is 16.2. The van der Waals surface area contributed by atoms with Crippen molar-refractivity contribution in [2.45, 2.75) is 16.0 Å². The van der Waals surface area contributed by atoms with Crippen LogP contribution in [-0.2, 0) is 16.0 Å². The molecule has 5 nitrogen and oxygen atoms in total. The Morgan fingerprint density at radius 3 is 2.37 bits per heavy atom. The zero-order chi connectivity index (χ0) is 21.5. The summed E-state index contributed by atoms with van der Waals surface area (Å²) in [6.07, 6.45) is -3.63. The van der Waals surface area contributed by atoms with Crippen molar-refractivity contribution in [3.63, 3.8) is 0 Å². The Balaban J connectivity index is 1.78. The first-order chi connectivity index (χ1) is 14.2. The molecule has 1 saturated heterocycles. The van der Waals surface area contributed by atoms with Crippen molar-refractivity contribution >= 4 is 26.4 Å². The van der Waals surface area contributed by atoms with Crippen LogP contribution < -0.4 is 4.90 Å². The van der Waals surface area contributed by atoms with Crippen LogP contribution in [0.3, 0.4) is 0 Å². The molecule has 0 amide bonds. The minimum absolute atomic E-state index is 0.262. The number of aromatic nitrogens is 1. The van der Waals surface area contributed by atoms with Gasteiger partial charge >= 0.3 is 6.18 Å². The first-order valence-corrected chi connectivity index (χ1v) is 10.9. The Morgan fingerprint density at radius 1 is 0.967 bits per heavy atom. The number of piperazine rings is 1. The average molecular weight is 435 g/mol. The minimum Gasteiger partial charge on any atom is -0.367 e. The topological polar surface area (TPSA) is 53.5 Å². The SMILES string of the molecule is CN1CCN(c2cccc3cc(S(=O)(=O)c4ccccc4C(F)(F)F)cnc23)CC1. The van der Waals surface area contributed by atoms with Crippen LogP contribution in [0.1, 0.15) is 5.56 Å². The van der Waals surface area contributed by atoms with E-state index in [1.165, 1.54) is 18.2 Å². The molecule has 0 saturated carbocycles. The van der Waals surface area contributed by atoms with E-state index in [0.717, 1.165) is 50.2 Å². The van der Waals surface area contributed by atoms with E-state index in [9.17, 15) is 21.6 Å². The summed E-state index contributed by atoms with van der Waals surface area (Å²) in [5, 5.41) is 0.567. The van der Waals surface area contributed by atoms with Gasteiger partial charge in [0.25, 0.3) is 0 Å². The molecule has 0 atom stereocenters. The molecule has 1 aliphatic rings. The zero-order valence-corrected chi connectivity index (χ0v) is 17.0. The number of anilines is 1. The van der Waals surface area contributed by atoms with Crippen LogP contribution in [0.4, 0.5) is 18.9 Å². The van der Waals surface area contributed by atoms with Crippen molar-refractivity contribution in [3.8, 4) is 0 Å². The molecular formula is C21H20F3N3O2S. The van der Waals surface area contributed by atoms with Crippen molar-refractivity contribution in [1.29, 1.82) is 0 Å². The lowest BCUT2D eigenvalue weighted by Gasteiger charge is -2.34. The third-order valence-corrected chi connectivity index (χ3v) is 7.08. The molecule has 1 aromatic heterocycles. The highest BCUT2D eigenvalue weighted by Gasteiger charge is 2.37. The van der Waals surface area contributed by atoms with E-state index in [-0.39, 0.29) is 4.90 Å². The molecule has 2 aromatic carbocycles. The molecule has 9 heteroatoms. The Labute approximate surface area is 172 Å². The van der Waals surface area contributed by atoms with Gasteiger partial charge in [-0.2, -0.15) is 13.2 Å². The smallest absolute Gasteiger partial charge is 0.367 e. The molecule has 30 heavy (non-hydrogen) atoms. The van der Waals surface area contributed by atoms with Crippen molar-refractivity contribution in [2.75, 3.05) is 38.1 Å². The van der Waals surface area contributed by atoms with Gasteiger partial charge in [-0.25, -0.2) is 8.42 Å². The van der Waals surface area contributed by atoms with Crippen LogP contribution in [0.15, 0.2) is 64.5 Å². The maximum atomic E-state index is 13.3. The molecule has 0 unspecified atom stereocenters. The summed E-state index contributed by atoms with van der Waals surface area (Å²) in [6.45, 7) is 3.43. The number of fused-ring (bicyclic) bond motifs is 1. The number of sulfone groups is 1. The molecular weight excluding hydrogens is 415 g/mol. The Hall–Kier alpha value is -2.65. The number of nitrogens with zero attached hydrogens (tertiary/aromatic N) is 3. The van der Waals surface area contributed by atoms with E-state index in [4.69, 9.17) is 0 Å². The van der Waals surface area contributed by atoms with Crippen LogP contribution >= 0.6 is 0 Å². The first kappa shape index (κ1) is 20.6. The van der Waals surface area contributed by atoms with Crippen LogP contribution in [0, 0.1) is 0 Å². The summed E-state index contributed by atoms with van der Waals surface area (Å²) in [4.78, 5) is 7.71. The van der Waals surface area contributed by atoms with Gasteiger partial charge in [0.1, 0.15) is 0 Å². The summed E-state index contributed by atoms with van der Waals surface area (Å²) in [5.74, 6) is 0. The maximum absolute atomic E-state index is 13.3. The van der Waals surface area contributed by atoms with Crippen LogP contribution in [-0.4, -0.2) is 51.5 Å². The molecule has 3 aromatic rings. The molecule has 1 aliphatic heterocycles. The van der Waals surface area contributed by atoms with E-state index in [2.05, 4.69) is 21.8 Å². The first-order valence-electron chi connectivity index (χ1n) is 9.41. The van der Waals surface area contributed by atoms with Gasteiger partial charge in [0, 0.05) is 37.8 Å². The standard InChI is InChI=1S/C21H20F3N3O2S/c1-26-9-11-27(12-10-26)18-7-4-5-15-13-16(14-25-20(15)18)30(28,29)19-8-3-2-6-17(19)21(22,23)24/h2-8,13-14H,9-12H2,1H3. The van der Waals surface area contributed by atoms with Gasteiger partial charge < -0.3 is 9.80 Å². The number of alkyl halides is 3. The number of benzene rings is 2. The number of hydrogen-bond donors (Lipinski definition) is 0. The Morgan fingerprint density at radius 2 is 1.67 bits per heavy atom. The summed E-state index contributed by atoms with van der Waals surface area (Å²) in [7, 11) is -2.34. The van der Waals surface area contributed by atoms with Crippen molar-refractivity contribution in [3.05, 3.63) is 60.3 Å². The molecule has 1 fully saturated rings. The summed E-state index contributed by atoms with van der Waals surface area (Å²) < 4.78 is 66.1. The van der Waals surface area contributed by atoms with Gasteiger partial charge in [0.05, 0.1) is 26.6 Å². The van der Waals surface area contributed by atoms with E-state index in [1.807, 2.05) is 6.07 Å². The van der Waals surface area contributed by atoms with E-state index in [1.54, 1.807) is 12.1 Å². The summed E-state index contributed by atoms with van der Waals surface area (Å²) >= 11 is 0. The number of halogens is 3. The molecule has 0 spiro atoms. The third kappa shape index (κ3) is 3.75. The summed E-state index contributed by atoms with van der Waals surface area (Å²) in [6, 6.07) is 11.0. The Kier molecular flexibility index (Phi) is 5.19. The third-order valence-electron chi connectivity index (χ3n) is 5.30. The number of rotatable bonds is 3. The minimum atomic E-state index is -4.78. The number of hydrogen-bond acceptors (Lipinski definition) is 5. The molecule has 2 heterocycles. The highest BCUT2D eigenvalue weighted by atomic mass is 32.2. The fraction of sp³-hybridized carbons (Fsp3) is 0.286. The van der Waals surface area contributed by atoms with Crippen LogP contribution in [0.25, 0.3) is 10.9 Å². The van der Waals surface area contributed by atoms with Crippen LogP contribution in [0.5, 0.6) is 0 Å². The average Bonchev–Trinajstić information content (AvgIpc) is 2.73. The molecule has 0 N–H and O–H groups in total. The van der Waals surface area contributed by atoms with Gasteiger partial charge in [0.2, 0.25) is 9.84 Å². The zero-order valence-electron chi connectivity index (χ0n) is 16.2. The Bertz CT molecular complexity index is 1190. The van der Waals surface area contributed by atoms with Gasteiger partial charge in [-0.15, -0.1) is 0 Å². The lowest BCUT2D eigenvalue weighted by atomic mass is 10.1. The maximum Gasteiger partial charge on any atom is 0.417 e. The molecule has 0 aliphatic carbocycles. The quantitative estimate of drug-likeness (QED) is 0.626. The van der Waals surface area contributed by atoms with Crippen molar-refractivity contribution in [2.24, 2.45) is 0 Å². The largest absolute Gasteiger partial charge is 0.417 e. The van der Waals surface area contributed by atoms with Gasteiger partial charge in [-0.3, -0.25) is 4.98 Å². The molecule has 4 rings (SSSR count). The van der Waals surface area contributed by atoms with Crippen molar-refractivity contribution < 1.29 is 21.6 Å². The van der Waals surface area contributed by atoms with Crippen LogP contribution in [0.2, 0.25) is 0 Å². The fourth-order valence-electron chi connectivity index (χ4n) is 3.64. The van der Waals surface area contributed by atoms with E-state index < -0.39 is 26.5 Å². The lowest BCUT2D eigenvalue weighted by Crippen LogP contribution is -2.44. The number of para-hydroxylation sites is 1. The number of likely N-dealkylation sites (N-methyl/N-ethyl adjacent to an activating group) is 1. The predicted octanol–water partition coefficient (Wildman–Crippen LogP) is 3.84. The highest BCUT2D eigenvalue weighted by Crippen LogP contribution is 2.37. The predicted molar refractivity (Wildman–Crippen MR) is 108 cm³/mol. The van der Waals surface area contributed by atoms with Crippen molar-refractivity contribution in [1.82, 2.24) is 9.88 Å². The summed E-state index contributed by atoms with van der Waals surface area (Å²) in [5.41, 5.74) is 0.335. The second-order valence-corrected chi connectivity index (χ2v) is 9.23. The molecule has 158 valence electrons. The monoisotopic (exact) mass is 435 g/mol. The van der Waals surface area contributed by atoms with Gasteiger partial charge in [-0.05, 0) is 31.3 Å². The highest BCUT2D eigenvalue weighted by molar-refractivity contribution is 7.91. The second-order valence-electron chi connectivity index (χ2n) is 7.31. The van der Waals surface area contributed by atoms with E-state index >= 15 is 0 Å². The van der Waals surface area contributed by atoms with E-state index in [0.29, 0.717) is 10.9 Å². The second kappa shape index (κ2) is 7.55. The van der Waals surface area contributed by atoms with Gasteiger partial charge in [0.15, 0.2) is 0 Å².